The van der Waals surface area contributed by atoms with Crippen LogP contribution >= 0.6 is 0 Å². The maximum Gasteiger partial charge on any atom is 0.307 e. The lowest BCUT2D eigenvalue weighted by atomic mass is 10.2. The molecular formula is C12H24O3S. The van der Waals surface area contributed by atoms with Crippen molar-refractivity contribution in [1.82, 2.24) is 0 Å². The van der Waals surface area contributed by atoms with E-state index < -0.39 is 16.4 Å². The molecule has 4 heteroatoms. The van der Waals surface area contributed by atoms with E-state index in [1.165, 1.54) is 0 Å². The molecule has 0 saturated heterocycles. The average molecular weight is 248 g/mol. The van der Waals surface area contributed by atoms with Crippen molar-refractivity contribution in [2.75, 3.05) is 11.5 Å². The second-order valence-electron chi connectivity index (χ2n) is 5.37. The molecule has 0 aromatic carbocycles. The van der Waals surface area contributed by atoms with Crippen LogP contribution in [-0.4, -0.2) is 27.3 Å². The minimum Gasteiger partial charge on any atom is -0.460 e. The summed E-state index contributed by atoms with van der Waals surface area (Å²) in [6.07, 6.45) is 1.20. The van der Waals surface area contributed by atoms with Gasteiger partial charge in [0.05, 0.1) is 6.42 Å². The molecule has 0 saturated carbocycles. The van der Waals surface area contributed by atoms with Crippen LogP contribution in [0, 0.1) is 5.92 Å². The monoisotopic (exact) mass is 248 g/mol. The van der Waals surface area contributed by atoms with Crippen molar-refractivity contribution in [3.8, 4) is 0 Å². The summed E-state index contributed by atoms with van der Waals surface area (Å²) in [6.45, 7) is 9.71. The Labute approximate surface area is 101 Å². The average Bonchev–Trinajstić information content (AvgIpc) is 2.08. The van der Waals surface area contributed by atoms with Crippen LogP contribution in [0.15, 0.2) is 0 Å². The Morgan fingerprint density at radius 2 is 1.81 bits per heavy atom. The minimum absolute atomic E-state index is 0.252. The molecule has 0 aromatic heterocycles. The summed E-state index contributed by atoms with van der Waals surface area (Å²) in [5.41, 5.74) is -0.448. The first-order valence-corrected chi connectivity index (χ1v) is 7.26. The van der Waals surface area contributed by atoms with E-state index in [0.29, 0.717) is 17.4 Å². The van der Waals surface area contributed by atoms with Crippen molar-refractivity contribution in [2.24, 2.45) is 5.92 Å². The fourth-order valence-electron chi connectivity index (χ4n) is 1.06. The molecule has 0 aliphatic carbocycles. The summed E-state index contributed by atoms with van der Waals surface area (Å²) in [5.74, 6) is 1.40. The Morgan fingerprint density at radius 3 is 2.25 bits per heavy atom. The van der Waals surface area contributed by atoms with E-state index in [0.717, 1.165) is 6.42 Å². The number of carbonyl (C=O) groups excluding carboxylic acids is 1. The number of hydrogen-bond acceptors (Lipinski definition) is 3. The van der Waals surface area contributed by atoms with Gasteiger partial charge in [-0.25, -0.2) is 0 Å². The quantitative estimate of drug-likeness (QED) is 0.678. The van der Waals surface area contributed by atoms with Gasteiger partial charge in [0.1, 0.15) is 5.60 Å². The van der Waals surface area contributed by atoms with Gasteiger partial charge in [-0.3, -0.25) is 9.00 Å². The molecule has 16 heavy (non-hydrogen) atoms. The van der Waals surface area contributed by atoms with Crippen LogP contribution < -0.4 is 0 Å². The van der Waals surface area contributed by atoms with E-state index in [4.69, 9.17) is 4.74 Å². The van der Waals surface area contributed by atoms with Crippen LogP contribution in [0.3, 0.4) is 0 Å². The summed E-state index contributed by atoms with van der Waals surface area (Å²) >= 11 is 0. The largest absolute Gasteiger partial charge is 0.460 e. The van der Waals surface area contributed by atoms with Gasteiger partial charge in [-0.05, 0) is 33.1 Å². The zero-order valence-corrected chi connectivity index (χ0v) is 11.9. The van der Waals surface area contributed by atoms with Crippen molar-refractivity contribution in [3.05, 3.63) is 0 Å². The van der Waals surface area contributed by atoms with Gasteiger partial charge in [-0.1, -0.05) is 13.8 Å². The molecule has 0 N–H and O–H groups in total. The standard InChI is InChI=1S/C12H24O3S/c1-10(2)6-8-16(14)9-7-11(13)15-12(3,4)5/h10H,6-9H2,1-5H3. The molecule has 0 aliphatic rings. The first-order valence-electron chi connectivity index (χ1n) is 5.77. The van der Waals surface area contributed by atoms with E-state index in [1.807, 2.05) is 20.8 Å². The van der Waals surface area contributed by atoms with Gasteiger partial charge in [-0.15, -0.1) is 0 Å². The van der Waals surface area contributed by atoms with Gasteiger partial charge in [0, 0.05) is 22.3 Å². The van der Waals surface area contributed by atoms with Gasteiger partial charge in [-0.2, -0.15) is 0 Å². The third-order valence-corrected chi connectivity index (χ3v) is 3.23. The van der Waals surface area contributed by atoms with Crippen LogP contribution in [0.5, 0.6) is 0 Å². The minimum atomic E-state index is -0.890. The number of hydrogen-bond donors (Lipinski definition) is 0. The van der Waals surface area contributed by atoms with Crippen molar-refractivity contribution in [1.29, 1.82) is 0 Å². The Balaban J connectivity index is 3.72. The molecule has 0 amide bonds. The molecule has 0 heterocycles. The normalized spacial score (nSPS) is 13.9. The van der Waals surface area contributed by atoms with E-state index in [-0.39, 0.29) is 12.4 Å². The molecule has 3 nitrogen and oxygen atoms in total. The lowest BCUT2D eigenvalue weighted by molar-refractivity contribution is -0.154. The van der Waals surface area contributed by atoms with Crippen LogP contribution in [-0.2, 0) is 20.3 Å². The topological polar surface area (TPSA) is 43.4 Å². The lowest BCUT2D eigenvalue weighted by Gasteiger charge is -2.19. The van der Waals surface area contributed by atoms with Crippen molar-refractivity contribution >= 4 is 16.8 Å². The molecule has 0 aliphatic heterocycles. The molecule has 0 bridgehead atoms. The Bertz CT molecular complexity index is 241. The Kier molecular flexibility index (Phi) is 6.88. The van der Waals surface area contributed by atoms with E-state index in [2.05, 4.69) is 13.8 Å². The molecule has 96 valence electrons. The molecular weight excluding hydrogens is 224 g/mol. The van der Waals surface area contributed by atoms with Gasteiger partial charge in [0.25, 0.3) is 0 Å². The number of ether oxygens (including phenoxy) is 1. The van der Waals surface area contributed by atoms with E-state index >= 15 is 0 Å². The van der Waals surface area contributed by atoms with Gasteiger partial charge < -0.3 is 4.74 Å². The predicted molar refractivity (Wildman–Crippen MR) is 67.8 cm³/mol. The van der Waals surface area contributed by atoms with Crippen molar-refractivity contribution in [2.45, 2.75) is 53.1 Å². The Morgan fingerprint density at radius 1 is 1.25 bits per heavy atom. The van der Waals surface area contributed by atoms with Crippen LogP contribution in [0.4, 0.5) is 0 Å². The van der Waals surface area contributed by atoms with Crippen molar-refractivity contribution < 1.29 is 13.7 Å². The van der Waals surface area contributed by atoms with Crippen LogP contribution in [0.25, 0.3) is 0 Å². The summed E-state index contributed by atoms with van der Waals surface area (Å²) in [5, 5.41) is 0. The summed E-state index contributed by atoms with van der Waals surface area (Å²) < 4.78 is 16.7. The Hall–Kier alpha value is -0.380. The highest BCUT2D eigenvalue weighted by Crippen LogP contribution is 2.09. The molecule has 1 atom stereocenters. The summed E-state index contributed by atoms with van der Waals surface area (Å²) in [7, 11) is -0.890. The molecule has 0 rings (SSSR count). The van der Waals surface area contributed by atoms with Crippen molar-refractivity contribution in [3.63, 3.8) is 0 Å². The highest BCUT2D eigenvalue weighted by Gasteiger charge is 2.16. The summed E-state index contributed by atoms with van der Waals surface area (Å²) in [6, 6.07) is 0. The van der Waals surface area contributed by atoms with Crippen LogP contribution in [0.1, 0.15) is 47.5 Å². The van der Waals surface area contributed by atoms with Gasteiger partial charge in [0.15, 0.2) is 0 Å². The van der Waals surface area contributed by atoms with Crippen LogP contribution in [0.2, 0.25) is 0 Å². The fraction of sp³-hybridized carbons (Fsp3) is 0.917. The number of esters is 1. The number of carbonyl (C=O) groups is 1. The molecule has 0 fully saturated rings. The summed E-state index contributed by atoms with van der Waals surface area (Å²) in [4.78, 5) is 11.3. The maximum absolute atomic E-state index is 11.5. The smallest absolute Gasteiger partial charge is 0.307 e. The zero-order valence-electron chi connectivity index (χ0n) is 11.0. The molecule has 0 spiro atoms. The molecule has 0 aromatic rings. The first kappa shape index (κ1) is 15.6. The third-order valence-electron chi connectivity index (χ3n) is 1.88. The maximum atomic E-state index is 11.5. The highest BCUT2D eigenvalue weighted by molar-refractivity contribution is 7.84. The third kappa shape index (κ3) is 10.1. The highest BCUT2D eigenvalue weighted by atomic mass is 32.2. The molecule has 0 radical (unpaired) electrons. The van der Waals surface area contributed by atoms with Gasteiger partial charge >= 0.3 is 5.97 Å². The molecule has 1 unspecified atom stereocenters. The fourth-order valence-corrected chi connectivity index (χ4v) is 2.39. The second kappa shape index (κ2) is 7.05. The second-order valence-corrected chi connectivity index (χ2v) is 7.06. The predicted octanol–water partition coefficient (Wildman–Crippen LogP) is 2.51. The van der Waals surface area contributed by atoms with E-state index in [1.54, 1.807) is 0 Å². The SMILES string of the molecule is CC(C)CCS(=O)CCC(=O)OC(C)(C)C. The van der Waals surface area contributed by atoms with E-state index in [9.17, 15) is 9.00 Å². The number of rotatable bonds is 6. The lowest BCUT2D eigenvalue weighted by Crippen LogP contribution is -2.24. The van der Waals surface area contributed by atoms with Gasteiger partial charge in [0.2, 0.25) is 0 Å². The zero-order chi connectivity index (χ0) is 12.8. The first-order chi connectivity index (χ1) is 7.20.